The van der Waals surface area contributed by atoms with Gasteiger partial charge in [-0.25, -0.2) is 0 Å². The van der Waals surface area contributed by atoms with Crippen LogP contribution in [0.3, 0.4) is 0 Å². The van der Waals surface area contributed by atoms with Gasteiger partial charge in [0, 0.05) is 29.5 Å². The Morgan fingerprint density at radius 1 is 1.26 bits per heavy atom. The second kappa shape index (κ2) is 7.26. The molecule has 0 fully saturated rings. The molecule has 0 saturated heterocycles. The number of halogens is 1. The highest BCUT2D eigenvalue weighted by Crippen LogP contribution is 2.16. The molecule has 0 aliphatic heterocycles. The van der Waals surface area contributed by atoms with Gasteiger partial charge in [-0.15, -0.1) is 0 Å². The SMILES string of the molecule is C[C@H](NCCOc1ccc(Br)cc1)c1cccnc1. The first-order valence-corrected chi connectivity index (χ1v) is 7.06. The van der Waals surface area contributed by atoms with Gasteiger partial charge >= 0.3 is 0 Å². The zero-order valence-corrected chi connectivity index (χ0v) is 12.4. The van der Waals surface area contributed by atoms with E-state index in [1.54, 1.807) is 6.20 Å². The van der Waals surface area contributed by atoms with Gasteiger partial charge in [0.2, 0.25) is 0 Å². The third-order valence-electron chi connectivity index (χ3n) is 2.82. The first-order valence-electron chi connectivity index (χ1n) is 6.27. The summed E-state index contributed by atoms with van der Waals surface area (Å²) in [6, 6.07) is 12.2. The molecular formula is C15H17BrN2O. The maximum atomic E-state index is 5.65. The number of nitrogens with zero attached hydrogens (tertiary/aromatic N) is 1. The summed E-state index contributed by atoms with van der Waals surface area (Å²) >= 11 is 3.40. The molecule has 19 heavy (non-hydrogen) atoms. The normalized spacial score (nSPS) is 12.1. The van der Waals surface area contributed by atoms with Gasteiger partial charge in [0.25, 0.3) is 0 Å². The van der Waals surface area contributed by atoms with Crippen LogP contribution in [-0.4, -0.2) is 18.1 Å². The van der Waals surface area contributed by atoms with Crippen LogP contribution in [-0.2, 0) is 0 Å². The number of pyridine rings is 1. The lowest BCUT2D eigenvalue weighted by atomic mass is 10.1. The average molecular weight is 321 g/mol. The number of ether oxygens (including phenoxy) is 1. The molecular weight excluding hydrogens is 304 g/mol. The molecule has 4 heteroatoms. The third-order valence-corrected chi connectivity index (χ3v) is 3.35. The minimum Gasteiger partial charge on any atom is -0.492 e. The number of hydrogen-bond donors (Lipinski definition) is 1. The highest BCUT2D eigenvalue weighted by Gasteiger charge is 2.03. The van der Waals surface area contributed by atoms with E-state index < -0.39 is 0 Å². The molecule has 3 nitrogen and oxygen atoms in total. The lowest BCUT2D eigenvalue weighted by Gasteiger charge is -2.14. The number of hydrogen-bond acceptors (Lipinski definition) is 3. The second-order valence-electron chi connectivity index (χ2n) is 4.26. The fourth-order valence-corrected chi connectivity index (χ4v) is 1.99. The maximum Gasteiger partial charge on any atom is 0.119 e. The largest absolute Gasteiger partial charge is 0.492 e. The second-order valence-corrected chi connectivity index (χ2v) is 5.18. The smallest absolute Gasteiger partial charge is 0.119 e. The van der Waals surface area contributed by atoms with Crippen molar-refractivity contribution in [1.29, 1.82) is 0 Å². The van der Waals surface area contributed by atoms with Crippen molar-refractivity contribution in [2.24, 2.45) is 0 Å². The monoisotopic (exact) mass is 320 g/mol. The van der Waals surface area contributed by atoms with Crippen LogP contribution < -0.4 is 10.1 Å². The molecule has 0 aliphatic rings. The molecule has 2 rings (SSSR count). The average Bonchev–Trinajstić information content (AvgIpc) is 2.46. The van der Waals surface area contributed by atoms with Crippen molar-refractivity contribution in [2.75, 3.05) is 13.2 Å². The van der Waals surface area contributed by atoms with Crippen LogP contribution in [0, 0.1) is 0 Å². The van der Waals surface area contributed by atoms with Crippen molar-refractivity contribution in [1.82, 2.24) is 10.3 Å². The van der Waals surface area contributed by atoms with Crippen molar-refractivity contribution < 1.29 is 4.74 Å². The lowest BCUT2D eigenvalue weighted by molar-refractivity contribution is 0.307. The first-order chi connectivity index (χ1) is 9.25. The highest BCUT2D eigenvalue weighted by molar-refractivity contribution is 9.10. The quantitative estimate of drug-likeness (QED) is 0.826. The van der Waals surface area contributed by atoms with Gasteiger partial charge in [-0.1, -0.05) is 22.0 Å². The van der Waals surface area contributed by atoms with Crippen LogP contribution in [0.5, 0.6) is 5.75 Å². The van der Waals surface area contributed by atoms with Crippen molar-refractivity contribution >= 4 is 15.9 Å². The fourth-order valence-electron chi connectivity index (χ4n) is 1.73. The molecule has 1 aromatic carbocycles. The molecule has 0 aliphatic carbocycles. The van der Waals surface area contributed by atoms with Gasteiger partial charge in [0.15, 0.2) is 0 Å². The summed E-state index contributed by atoms with van der Waals surface area (Å²) in [7, 11) is 0. The van der Waals surface area contributed by atoms with Gasteiger partial charge in [-0.3, -0.25) is 4.98 Å². The van der Waals surface area contributed by atoms with Crippen molar-refractivity contribution in [3.8, 4) is 5.75 Å². The number of aromatic nitrogens is 1. The van der Waals surface area contributed by atoms with Gasteiger partial charge < -0.3 is 10.1 Å². The molecule has 1 aromatic heterocycles. The van der Waals surface area contributed by atoms with Crippen LogP contribution in [0.1, 0.15) is 18.5 Å². The summed E-state index contributed by atoms with van der Waals surface area (Å²) in [4.78, 5) is 4.11. The van der Waals surface area contributed by atoms with Gasteiger partial charge in [-0.2, -0.15) is 0 Å². The van der Waals surface area contributed by atoms with Crippen LogP contribution in [0.4, 0.5) is 0 Å². The molecule has 0 unspecified atom stereocenters. The zero-order chi connectivity index (χ0) is 13.5. The van der Waals surface area contributed by atoms with Crippen LogP contribution in [0.25, 0.3) is 0 Å². The molecule has 0 amide bonds. The van der Waals surface area contributed by atoms with Crippen LogP contribution >= 0.6 is 15.9 Å². The standard InChI is InChI=1S/C15H17BrN2O/c1-12(13-3-2-8-17-11-13)18-9-10-19-15-6-4-14(16)5-7-15/h2-8,11-12,18H,9-10H2,1H3/t12-/m0/s1. The van der Waals surface area contributed by atoms with E-state index in [4.69, 9.17) is 4.74 Å². The van der Waals surface area contributed by atoms with E-state index in [-0.39, 0.29) is 6.04 Å². The molecule has 0 bridgehead atoms. The summed E-state index contributed by atoms with van der Waals surface area (Å²) in [5, 5.41) is 3.41. The van der Waals surface area contributed by atoms with Gasteiger partial charge in [-0.05, 0) is 42.8 Å². The molecule has 0 saturated carbocycles. The number of rotatable bonds is 6. The summed E-state index contributed by atoms with van der Waals surface area (Å²) in [6.45, 7) is 3.56. The summed E-state index contributed by atoms with van der Waals surface area (Å²) in [5.41, 5.74) is 1.19. The van der Waals surface area contributed by atoms with Crippen molar-refractivity contribution in [3.05, 3.63) is 58.8 Å². The Bertz CT molecular complexity index is 487. The van der Waals surface area contributed by atoms with E-state index in [9.17, 15) is 0 Å². The molecule has 1 heterocycles. The Balaban J connectivity index is 1.71. The molecule has 1 atom stereocenters. The minimum absolute atomic E-state index is 0.280. The third kappa shape index (κ3) is 4.65. The van der Waals surface area contributed by atoms with E-state index >= 15 is 0 Å². The van der Waals surface area contributed by atoms with Crippen LogP contribution in [0.15, 0.2) is 53.3 Å². The minimum atomic E-state index is 0.280. The fraction of sp³-hybridized carbons (Fsp3) is 0.267. The van der Waals surface area contributed by atoms with E-state index in [1.807, 2.05) is 36.5 Å². The van der Waals surface area contributed by atoms with E-state index in [1.165, 1.54) is 5.56 Å². The van der Waals surface area contributed by atoms with Crippen molar-refractivity contribution in [2.45, 2.75) is 13.0 Å². The molecule has 0 spiro atoms. The predicted molar refractivity (Wildman–Crippen MR) is 80.3 cm³/mol. The first kappa shape index (κ1) is 14.0. The maximum absolute atomic E-state index is 5.65. The highest BCUT2D eigenvalue weighted by atomic mass is 79.9. The van der Waals surface area contributed by atoms with Gasteiger partial charge in [0.1, 0.15) is 12.4 Å². The zero-order valence-electron chi connectivity index (χ0n) is 10.8. The Kier molecular flexibility index (Phi) is 5.36. The van der Waals surface area contributed by atoms with E-state index in [0.29, 0.717) is 6.61 Å². The summed E-state index contributed by atoms with van der Waals surface area (Å²) in [5.74, 6) is 0.888. The number of benzene rings is 1. The molecule has 100 valence electrons. The van der Waals surface area contributed by atoms with Crippen LogP contribution in [0.2, 0.25) is 0 Å². The topological polar surface area (TPSA) is 34.1 Å². The molecule has 2 aromatic rings. The Morgan fingerprint density at radius 2 is 2.05 bits per heavy atom. The molecule has 1 N–H and O–H groups in total. The van der Waals surface area contributed by atoms with E-state index in [0.717, 1.165) is 16.8 Å². The van der Waals surface area contributed by atoms with E-state index in [2.05, 4.69) is 39.2 Å². The Hall–Kier alpha value is -1.39. The number of nitrogens with one attached hydrogen (secondary N) is 1. The molecule has 0 radical (unpaired) electrons. The Labute approximate surface area is 122 Å². The summed E-state index contributed by atoms with van der Waals surface area (Å²) in [6.07, 6.45) is 3.67. The Morgan fingerprint density at radius 3 is 2.74 bits per heavy atom. The predicted octanol–water partition coefficient (Wildman–Crippen LogP) is 3.57. The van der Waals surface area contributed by atoms with Crippen molar-refractivity contribution in [3.63, 3.8) is 0 Å². The van der Waals surface area contributed by atoms with Gasteiger partial charge in [0.05, 0.1) is 0 Å². The summed E-state index contributed by atoms with van der Waals surface area (Å²) < 4.78 is 6.71. The lowest BCUT2D eigenvalue weighted by Crippen LogP contribution is -2.24.